The summed E-state index contributed by atoms with van der Waals surface area (Å²) in [6, 6.07) is 6.93. The van der Waals surface area contributed by atoms with E-state index in [1.54, 1.807) is 0 Å². The van der Waals surface area contributed by atoms with Crippen LogP contribution in [0, 0.1) is 0 Å². The third-order valence-electron chi connectivity index (χ3n) is 4.08. The van der Waals surface area contributed by atoms with Crippen LogP contribution in [0.4, 0.5) is 0 Å². The monoisotopic (exact) mass is 276 g/mol. The summed E-state index contributed by atoms with van der Waals surface area (Å²) in [5, 5.41) is 3.67. The standard InChI is InChI=1S/C16H24N2O2/c1-18-8-2-3-14(12-18)17-7-6-13-4-5-15-16(11-13)20-10-9-19-15/h4-5,11,14,17H,2-3,6-10,12H2,1H3. The number of ether oxygens (including phenoxy) is 2. The Morgan fingerprint density at radius 2 is 2.10 bits per heavy atom. The molecule has 0 aliphatic carbocycles. The van der Waals surface area contributed by atoms with Crippen molar-refractivity contribution in [1.82, 2.24) is 10.2 Å². The van der Waals surface area contributed by atoms with E-state index in [-0.39, 0.29) is 0 Å². The quantitative estimate of drug-likeness (QED) is 0.907. The zero-order valence-corrected chi connectivity index (χ0v) is 12.2. The van der Waals surface area contributed by atoms with Crippen molar-refractivity contribution in [2.24, 2.45) is 0 Å². The zero-order chi connectivity index (χ0) is 13.8. The van der Waals surface area contributed by atoms with E-state index in [4.69, 9.17) is 9.47 Å². The Balaban J connectivity index is 1.48. The van der Waals surface area contributed by atoms with Crippen LogP contribution in [-0.2, 0) is 6.42 Å². The van der Waals surface area contributed by atoms with Gasteiger partial charge >= 0.3 is 0 Å². The molecule has 0 spiro atoms. The Morgan fingerprint density at radius 3 is 2.95 bits per heavy atom. The first-order chi connectivity index (χ1) is 9.81. The maximum atomic E-state index is 5.62. The smallest absolute Gasteiger partial charge is 0.161 e. The maximum absolute atomic E-state index is 5.62. The van der Waals surface area contributed by atoms with Crippen LogP contribution in [0.3, 0.4) is 0 Å². The van der Waals surface area contributed by atoms with Crippen LogP contribution in [0.2, 0.25) is 0 Å². The van der Waals surface area contributed by atoms with Crippen molar-refractivity contribution in [2.75, 3.05) is 39.9 Å². The van der Waals surface area contributed by atoms with E-state index >= 15 is 0 Å². The number of rotatable bonds is 4. The third-order valence-corrected chi connectivity index (χ3v) is 4.08. The van der Waals surface area contributed by atoms with E-state index in [9.17, 15) is 0 Å². The van der Waals surface area contributed by atoms with Gasteiger partial charge in [-0.3, -0.25) is 0 Å². The molecule has 4 heteroatoms. The van der Waals surface area contributed by atoms with E-state index in [0.717, 1.165) is 24.5 Å². The predicted octanol–water partition coefficient (Wildman–Crippen LogP) is 1.68. The van der Waals surface area contributed by atoms with Crippen LogP contribution < -0.4 is 14.8 Å². The highest BCUT2D eigenvalue weighted by molar-refractivity contribution is 5.43. The summed E-state index contributed by atoms with van der Waals surface area (Å²) in [4.78, 5) is 2.41. The van der Waals surface area contributed by atoms with Crippen LogP contribution in [0.15, 0.2) is 18.2 Å². The summed E-state index contributed by atoms with van der Waals surface area (Å²) in [6.07, 6.45) is 3.64. The lowest BCUT2D eigenvalue weighted by Gasteiger charge is -2.30. The van der Waals surface area contributed by atoms with Crippen molar-refractivity contribution in [2.45, 2.75) is 25.3 Å². The second kappa shape index (κ2) is 6.46. The Hall–Kier alpha value is -1.26. The lowest BCUT2D eigenvalue weighted by molar-refractivity contribution is 0.171. The topological polar surface area (TPSA) is 33.7 Å². The van der Waals surface area contributed by atoms with Gasteiger partial charge in [0.15, 0.2) is 11.5 Å². The second-order valence-electron chi connectivity index (χ2n) is 5.78. The highest BCUT2D eigenvalue weighted by atomic mass is 16.6. The van der Waals surface area contributed by atoms with Gasteiger partial charge < -0.3 is 19.7 Å². The lowest BCUT2D eigenvalue weighted by atomic mass is 10.1. The molecule has 20 heavy (non-hydrogen) atoms. The Kier molecular flexibility index (Phi) is 4.43. The molecule has 110 valence electrons. The van der Waals surface area contributed by atoms with Crippen LogP contribution >= 0.6 is 0 Å². The molecule has 2 aliphatic heterocycles. The fourth-order valence-electron chi connectivity index (χ4n) is 3.00. The van der Waals surface area contributed by atoms with E-state index in [1.165, 1.54) is 31.5 Å². The summed E-state index contributed by atoms with van der Waals surface area (Å²) >= 11 is 0. The molecule has 1 aromatic rings. The molecule has 1 N–H and O–H groups in total. The number of likely N-dealkylation sites (N-methyl/N-ethyl adjacent to an activating group) is 1. The van der Waals surface area contributed by atoms with Gasteiger partial charge in [-0.1, -0.05) is 6.07 Å². The number of hydrogen-bond acceptors (Lipinski definition) is 4. The van der Waals surface area contributed by atoms with Gasteiger partial charge in [0, 0.05) is 12.6 Å². The van der Waals surface area contributed by atoms with E-state index < -0.39 is 0 Å². The van der Waals surface area contributed by atoms with Gasteiger partial charge in [0.1, 0.15) is 13.2 Å². The molecule has 4 nitrogen and oxygen atoms in total. The molecule has 0 aromatic heterocycles. The normalized spacial score (nSPS) is 22.8. The molecule has 0 amide bonds. The molecular formula is C16H24N2O2. The molecular weight excluding hydrogens is 252 g/mol. The Morgan fingerprint density at radius 1 is 1.25 bits per heavy atom. The van der Waals surface area contributed by atoms with Crippen molar-refractivity contribution >= 4 is 0 Å². The number of likely N-dealkylation sites (tertiary alicyclic amines) is 1. The molecule has 2 heterocycles. The lowest BCUT2D eigenvalue weighted by Crippen LogP contribution is -2.44. The molecule has 2 aliphatic rings. The SMILES string of the molecule is CN1CCCC(NCCc2ccc3c(c2)OCCO3)C1. The molecule has 0 radical (unpaired) electrons. The van der Waals surface area contributed by atoms with Crippen molar-refractivity contribution in [3.8, 4) is 11.5 Å². The molecule has 1 unspecified atom stereocenters. The van der Waals surface area contributed by atoms with Crippen LogP contribution in [-0.4, -0.2) is 50.8 Å². The number of piperidine rings is 1. The zero-order valence-electron chi connectivity index (χ0n) is 12.2. The largest absolute Gasteiger partial charge is 0.486 e. The molecule has 1 aromatic carbocycles. The first-order valence-electron chi connectivity index (χ1n) is 7.62. The van der Waals surface area contributed by atoms with Gasteiger partial charge in [0.25, 0.3) is 0 Å². The number of nitrogens with zero attached hydrogens (tertiary/aromatic N) is 1. The van der Waals surface area contributed by atoms with Crippen LogP contribution in [0.5, 0.6) is 11.5 Å². The van der Waals surface area contributed by atoms with Crippen molar-refractivity contribution in [1.29, 1.82) is 0 Å². The van der Waals surface area contributed by atoms with Crippen molar-refractivity contribution in [3.05, 3.63) is 23.8 Å². The summed E-state index contributed by atoms with van der Waals surface area (Å²) < 4.78 is 11.2. The first kappa shape index (κ1) is 13.7. The highest BCUT2D eigenvalue weighted by Gasteiger charge is 2.16. The number of hydrogen-bond donors (Lipinski definition) is 1. The van der Waals surface area contributed by atoms with Gasteiger partial charge in [-0.05, 0) is 57.1 Å². The molecule has 1 fully saturated rings. The van der Waals surface area contributed by atoms with Crippen LogP contribution in [0.25, 0.3) is 0 Å². The summed E-state index contributed by atoms with van der Waals surface area (Å²) in [5.41, 5.74) is 1.31. The summed E-state index contributed by atoms with van der Waals surface area (Å²) in [5.74, 6) is 1.77. The summed E-state index contributed by atoms with van der Waals surface area (Å²) in [6.45, 7) is 4.74. The van der Waals surface area contributed by atoms with Gasteiger partial charge in [-0.25, -0.2) is 0 Å². The average Bonchev–Trinajstić information content (AvgIpc) is 2.47. The average molecular weight is 276 g/mol. The van der Waals surface area contributed by atoms with Crippen LogP contribution in [0.1, 0.15) is 18.4 Å². The number of fused-ring (bicyclic) bond motifs is 1. The minimum Gasteiger partial charge on any atom is -0.486 e. The Bertz CT molecular complexity index is 450. The second-order valence-corrected chi connectivity index (χ2v) is 5.78. The van der Waals surface area contributed by atoms with E-state index in [0.29, 0.717) is 19.3 Å². The molecule has 1 saturated heterocycles. The number of benzene rings is 1. The number of nitrogens with one attached hydrogen (secondary N) is 1. The fraction of sp³-hybridized carbons (Fsp3) is 0.625. The predicted molar refractivity (Wildman–Crippen MR) is 79.7 cm³/mol. The van der Waals surface area contributed by atoms with E-state index in [1.807, 2.05) is 6.07 Å². The molecule has 3 rings (SSSR count). The minimum absolute atomic E-state index is 0.644. The van der Waals surface area contributed by atoms with E-state index in [2.05, 4.69) is 29.4 Å². The van der Waals surface area contributed by atoms with Gasteiger partial charge in [0.05, 0.1) is 0 Å². The maximum Gasteiger partial charge on any atom is 0.161 e. The minimum atomic E-state index is 0.644. The molecule has 0 bridgehead atoms. The van der Waals surface area contributed by atoms with Gasteiger partial charge in [-0.15, -0.1) is 0 Å². The van der Waals surface area contributed by atoms with Gasteiger partial charge in [-0.2, -0.15) is 0 Å². The Labute approximate surface area is 121 Å². The van der Waals surface area contributed by atoms with Gasteiger partial charge in [0.2, 0.25) is 0 Å². The molecule has 1 atom stereocenters. The van der Waals surface area contributed by atoms with Crippen molar-refractivity contribution < 1.29 is 9.47 Å². The molecule has 0 saturated carbocycles. The third kappa shape index (κ3) is 3.44. The summed E-state index contributed by atoms with van der Waals surface area (Å²) in [7, 11) is 2.20. The highest BCUT2D eigenvalue weighted by Crippen LogP contribution is 2.30. The fourth-order valence-corrected chi connectivity index (χ4v) is 3.00. The first-order valence-corrected chi connectivity index (χ1v) is 7.62. The van der Waals surface area contributed by atoms with Crippen molar-refractivity contribution in [3.63, 3.8) is 0 Å².